The molecule has 0 saturated carbocycles. The number of alkyl halides is 3. The number of nitrogens with zero attached hydrogens (tertiary/aromatic N) is 3. The molecule has 2 aromatic heterocycles. The Labute approximate surface area is 145 Å². The second-order valence-electron chi connectivity index (χ2n) is 5.96. The van der Waals surface area contributed by atoms with Crippen LogP contribution in [0.3, 0.4) is 0 Å². The summed E-state index contributed by atoms with van der Waals surface area (Å²) in [4.78, 5) is 16.2. The second-order valence-corrected chi connectivity index (χ2v) is 5.96. The van der Waals surface area contributed by atoms with Crippen molar-refractivity contribution in [2.75, 3.05) is 0 Å². The number of aromatic nitrogens is 3. The van der Waals surface area contributed by atoms with Crippen molar-refractivity contribution in [1.29, 1.82) is 0 Å². The zero-order valence-electron chi connectivity index (χ0n) is 13.8. The zero-order chi connectivity index (χ0) is 19.1. The molecule has 0 saturated heterocycles. The number of benzene rings is 1. The van der Waals surface area contributed by atoms with Gasteiger partial charge in [-0.05, 0) is 44.2 Å². The summed E-state index contributed by atoms with van der Waals surface area (Å²) in [7, 11) is 0. The topological polar surface area (TPSA) is 59.3 Å². The highest BCUT2D eigenvalue weighted by Gasteiger charge is 2.35. The van der Waals surface area contributed by atoms with E-state index in [1.54, 1.807) is 13.8 Å². The predicted molar refractivity (Wildman–Crippen MR) is 86.0 cm³/mol. The van der Waals surface area contributed by atoms with E-state index in [0.717, 1.165) is 18.2 Å². The van der Waals surface area contributed by atoms with Gasteiger partial charge in [0.05, 0.1) is 5.69 Å². The van der Waals surface area contributed by atoms with Gasteiger partial charge in [-0.15, -0.1) is 0 Å². The van der Waals surface area contributed by atoms with E-state index in [0.29, 0.717) is 10.1 Å². The number of nitrogens with one attached hydrogen (secondary N) is 1. The van der Waals surface area contributed by atoms with Crippen LogP contribution in [0.2, 0.25) is 0 Å². The Morgan fingerprint density at radius 3 is 2.38 bits per heavy atom. The Hall–Kier alpha value is -2.97. The number of fused-ring (bicyclic) bond motifs is 1. The molecular formula is C17H14F4N4O. The standard InChI is InChI=1S/C17H14F4N4O/c1-9(2)22-16(26)13-8-15-23-12(10-3-5-11(18)6-4-10)7-14(17(19,20)21)25(15)24-13/h3-9H,1-2H3,(H,22,26). The van der Waals surface area contributed by atoms with Gasteiger partial charge in [0, 0.05) is 17.7 Å². The summed E-state index contributed by atoms with van der Waals surface area (Å²) in [5, 5.41) is 6.31. The number of carbonyl (C=O) groups excluding carboxylic acids is 1. The van der Waals surface area contributed by atoms with E-state index in [1.165, 1.54) is 18.2 Å². The first-order valence-corrected chi connectivity index (χ1v) is 7.70. The number of hydrogen-bond donors (Lipinski definition) is 1. The third kappa shape index (κ3) is 3.51. The Morgan fingerprint density at radius 2 is 1.81 bits per heavy atom. The van der Waals surface area contributed by atoms with Gasteiger partial charge < -0.3 is 5.32 Å². The maximum atomic E-state index is 13.4. The molecule has 0 spiro atoms. The minimum absolute atomic E-state index is 0.000503. The van der Waals surface area contributed by atoms with Gasteiger partial charge in [-0.25, -0.2) is 13.9 Å². The monoisotopic (exact) mass is 366 g/mol. The van der Waals surface area contributed by atoms with Crippen LogP contribution in [0.15, 0.2) is 36.4 Å². The molecule has 9 heteroatoms. The Bertz CT molecular complexity index is 961. The van der Waals surface area contributed by atoms with Gasteiger partial charge >= 0.3 is 6.18 Å². The van der Waals surface area contributed by atoms with E-state index in [-0.39, 0.29) is 23.1 Å². The van der Waals surface area contributed by atoms with Crippen LogP contribution in [0.5, 0.6) is 0 Å². The molecule has 3 rings (SSSR count). The molecule has 0 bridgehead atoms. The number of rotatable bonds is 3. The molecule has 0 aliphatic carbocycles. The van der Waals surface area contributed by atoms with E-state index in [1.807, 2.05) is 0 Å². The molecule has 0 aliphatic rings. The summed E-state index contributed by atoms with van der Waals surface area (Å²) in [6.45, 7) is 3.44. The predicted octanol–water partition coefficient (Wildman–Crippen LogP) is 3.69. The van der Waals surface area contributed by atoms with Crippen molar-refractivity contribution in [3.63, 3.8) is 0 Å². The normalized spacial score (nSPS) is 12.0. The molecule has 1 amide bonds. The van der Waals surface area contributed by atoms with Crippen LogP contribution < -0.4 is 5.32 Å². The number of halogens is 4. The zero-order valence-corrected chi connectivity index (χ0v) is 13.8. The summed E-state index contributed by atoms with van der Waals surface area (Å²) in [5.41, 5.74) is -1.07. The summed E-state index contributed by atoms with van der Waals surface area (Å²) in [5.74, 6) is -1.11. The van der Waals surface area contributed by atoms with Crippen LogP contribution in [0.1, 0.15) is 30.0 Å². The molecule has 0 radical (unpaired) electrons. The second kappa shape index (κ2) is 6.40. The summed E-state index contributed by atoms with van der Waals surface area (Å²) < 4.78 is 54.0. The lowest BCUT2D eigenvalue weighted by Gasteiger charge is -2.11. The molecule has 2 heterocycles. The van der Waals surface area contributed by atoms with Crippen molar-refractivity contribution in [2.45, 2.75) is 26.1 Å². The van der Waals surface area contributed by atoms with Gasteiger partial charge in [-0.3, -0.25) is 4.79 Å². The first kappa shape index (κ1) is 17.8. The van der Waals surface area contributed by atoms with Crippen LogP contribution in [0.4, 0.5) is 17.6 Å². The molecule has 5 nitrogen and oxygen atoms in total. The minimum Gasteiger partial charge on any atom is -0.348 e. The molecule has 26 heavy (non-hydrogen) atoms. The van der Waals surface area contributed by atoms with E-state index in [9.17, 15) is 22.4 Å². The fraction of sp³-hybridized carbons (Fsp3) is 0.235. The third-order valence-corrected chi connectivity index (χ3v) is 3.51. The average molecular weight is 366 g/mol. The van der Waals surface area contributed by atoms with Gasteiger partial charge in [-0.1, -0.05) is 0 Å². The largest absolute Gasteiger partial charge is 0.433 e. The Morgan fingerprint density at radius 1 is 1.15 bits per heavy atom. The summed E-state index contributed by atoms with van der Waals surface area (Å²) >= 11 is 0. The smallest absolute Gasteiger partial charge is 0.348 e. The third-order valence-electron chi connectivity index (χ3n) is 3.51. The molecule has 0 unspecified atom stereocenters. The average Bonchev–Trinajstić information content (AvgIpc) is 2.97. The summed E-state index contributed by atoms with van der Waals surface area (Å²) in [6, 6.07) is 6.72. The van der Waals surface area contributed by atoms with E-state index < -0.39 is 23.6 Å². The fourth-order valence-corrected chi connectivity index (χ4v) is 2.39. The Balaban J connectivity index is 2.17. The van der Waals surface area contributed by atoms with Crippen LogP contribution in [-0.2, 0) is 6.18 Å². The fourth-order valence-electron chi connectivity index (χ4n) is 2.39. The molecule has 0 atom stereocenters. The number of carbonyl (C=O) groups is 1. The quantitative estimate of drug-likeness (QED) is 0.719. The molecule has 136 valence electrons. The minimum atomic E-state index is -4.71. The lowest BCUT2D eigenvalue weighted by molar-refractivity contribution is -0.142. The molecule has 1 N–H and O–H groups in total. The van der Waals surface area contributed by atoms with E-state index in [4.69, 9.17) is 0 Å². The highest BCUT2D eigenvalue weighted by atomic mass is 19.4. The van der Waals surface area contributed by atoms with Crippen LogP contribution in [0, 0.1) is 5.82 Å². The molecular weight excluding hydrogens is 352 g/mol. The SMILES string of the molecule is CC(C)NC(=O)c1cc2nc(-c3ccc(F)cc3)cc(C(F)(F)F)n2n1. The van der Waals surface area contributed by atoms with Gasteiger partial charge in [0.15, 0.2) is 17.0 Å². The number of hydrogen-bond acceptors (Lipinski definition) is 3. The van der Waals surface area contributed by atoms with Crippen LogP contribution in [-0.4, -0.2) is 26.5 Å². The van der Waals surface area contributed by atoms with Crippen molar-refractivity contribution in [3.05, 3.63) is 53.6 Å². The van der Waals surface area contributed by atoms with Gasteiger partial charge in [0.1, 0.15) is 5.82 Å². The van der Waals surface area contributed by atoms with Gasteiger partial charge in [0.2, 0.25) is 0 Å². The van der Waals surface area contributed by atoms with Crippen molar-refractivity contribution >= 4 is 11.6 Å². The van der Waals surface area contributed by atoms with Crippen molar-refractivity contribution < 1.29 is 22.4 Å². The maximum Gasteiger partial charge on any atom is 0.433 e. The lowest BCUT2D eigenvalue weighted by atomic mass is 10.1. The van der Waals surface area contributed by atoms with Gasteiger partial charge in [-0.2, -0.15) is 18.3 Å². The number of amides is 1. The van der Waals surface area contributed by atoms with Crippen molar-refractivity contribution in [1.82, 2.24) is 19.9 Å². The molecule has 3 aromatic rings. The summed E-state index contributed by atoms with van der Waals surface area (Å²) in [6.07, 6.45) is -4.71. The van der Waals surface area contributed by atoms with Crippen molar-refractivity contribution in [3.8, 4) is 11.3 Å². The molecule has 1 aromatic carbocycles. The van der Waals surface area contributed by atoms with E-state index in [2.05, 4.69) is 15.4 Å². The first-order valence-electron chi connectivity index (χ1n) is 7.70. The van der Waals surface area contributed by atoms with Crippen molar-refractivity contribution in [2.24, 2.45) is 0 Å². The van der Waals surface area contributed by atoms with Crippen LogP contribution in [0.25, 0.3) is 16.9 Å². The first-order chi connectivity index (χ1) is 12.1. The highest BCUT2D eigenvalue weighted by molar-refractivity contribution is 5.93. The van der Waals surface area contributed by atoms with Gasteiger partial charge in [0.25, 0.3) is 5.91 Å². The van der Waals surface area contributed by atoms with Crippen LogP contribution >= 0.6 is 0 Å². The maximum absolute atomic E-state index is 13.4. The lowest BCUT2D eigenvalue weighted by Crippen LogP contribution is -2.30. The Kier molecular flexibility index (Phi) is 4.39. The molecule has 0 fully saturated rings. The van der Waals surface area contributed by atoms with E-state index >= 15 is 0 Å². The molecule has 0 aliphatic heterocycles. The highest BCUT2D eigenvalue weighted by Crippen LogP contribution is 2.32.